The number of phenolic OH excluding ortho intramolecular Hbond substituents is 2. The first-order chi connectivity index (χ1) is 53.0. The minimum Gasteiger partial charge on any atom is -0.508 e. The minimum absolute atomic E-state index is 0.0215. The molecule has 2 heterocycles. The average molecular weight is 1630 g/mol. The molecule has 612 valence electrons. The number of ether oxygens (including phenoxy) is 6. The number of nitrogens with zero attached hydrogens (tertiary/aromatic N) is 2. The number of hydrogen-bond donors (Lipinski definition) is 2. The third kappa shape index (κ3) is 31.8. The highest BCUT2D eigenvalue weighted by Gasteiger charge is 2.45. The molecule has 18 nitrogen and oxygen atoms in total. The second-order valence-electron chi connectivity index (χ2n) is 30.5. The van der Waals surface area contributed by atoms with Gasteiger partial charge in [0.05, 0.1) is 0 Å². The van der Waals surface area contributed by atoms with E-state index in [0.29, 0.717) is 41.0 Å². The van der Waals surface area contributed by atoms with Crippen molar-refractivity contribution < 1.29 is 77.1 Å². The maximum absolute atomic E-state index is 11.6. The van der Waals surface area contributed by atoms with E-state index < -0.39 is 39.5 Å². The lowest BCUT2D eigenvalue weighted by atomic mass is 9.78. The molecule has 2 saturated heterocycles. The largest absolute Gasteiger partial charge is 0.519 e. The van der Waals surface area contributed by atoms with Crippen LogP contribution < -0.4 is 28.4 Å². The predicted molar refractivity (Wildman–Crippen MR) is 450 cm³/mol. The number of carbonyl (C=O) groups excluding carboxylic acids is 6. The SMILES string of the molecule is CC.CC(=O)Oc1ccc(C(C)ON2C(C)(C)CCCC2(C)C)cc1.CC(C)(c1ccc(O)cc1)c1ccc(O)cc1.CC(Cl)C(=O)Cl.CC(Cl)C(=O)Oc1ccc(C(C)(C)c2ccc(OC(=O)C(C)Cl)cc2)cc1.CC(ON1C(C)(C)CCCC1(C)C)c1ccc(OC=O)cc1.O=C(Oc1ccccc1)Oc1ccccc1. The zero-order valence-electron chi connectivity index (χ0n) is 68.9. The summed E-state index contributed by atoms with van der Waals surface area (Å²) in [5, 5.41) is 20.5. The minimum atomic E-state index is -0.739. The fourth-order valence-electron chi connectivity index (χ4n) is 12.4. The lowest BCUT2D eigenvalue weighted by Gasteiger charge is -2.52. The quantitative estimate of drug-likeness (QED) is 0.0181. The van der Waals surface area contributed by atoms with Gasteiger partial charge < -0.3 is 38.6 Å². The predicted octanol–water partition coefficient (Wildman–Crippen LogP) is 23.1. The highest BCUT2D eigenvalue weighted by Crippen LogP contribution is 2.43. The van der Waals surface area contributed by atoms with Gasteiger partial charge in [0.25, 0.3) is 6.47 Å². The highest BCUT2D eigenvalue weighted by molar-refractivity contribution is 6.69. The van der Waals surface area contributed by atoms with Crippen LogP contribution >= 0.6 is 46.4 Å². The number of carbonyl (C=O) groups is 6. The Morgan fingerprint density at radius 3 is 0.920 bits per heavy atom. The van der Waals surface area contributed by atoms with Crippen LogP contribution in [-0.2, 0) is 44.5 Å². The first kappa shape index (κ1) is 96.5. The van der Waals surface area contributed by atoms with Crippen LogP contribution in [0.25, 0.3) is 0 Å². The number of hydrogen-bond acceptors (Lipinski definition) is 18. The molecule has 2 aliphatic rings. The fourth-order valence-corrected chi connectivity index (χ4v) is 12.4. The van der Waals surface area contributed by atoms with E-state index in [1.54, 1.807) is 123 Å². The Hall–Kier alpha value is -8.82. The zero-order chi connectivity index (χ0) is 84.7. The van der Waals surface area contributed by atoms with Crippen molar-refractivity contribution in [3.8, 4) is 46.0 Å². The van der Waals surface area contributed by atoms with Crippen molar-refractivity contribution in [3.63, 3.8) is 0 Å². The van der Waals surface area contributed by atoms with E-state index in [9.17, 15) is 39.0 Å². The number of aromatic hydroxyl groups is 2. The molecular weight excluding hydrogens is 1520 g/mol. The molecule has 2 N–H and O–H groups in total. The summed E-state index contributed by atoms with van der Waals surface area (Å²) in [6.07, 6.45) is 6.14. The van der Waals surface area contributed by atoms with E-state index in [4.69, 9.17) is 84.5 Å². The van der Waals surface area contributed by atoms with E-state index in [-0.39, 0.29) is 62.7 Å². The summed E-state index contributed by atoms with van der Waals surface area (Å²) in [4.78, 5) is 78.3. The smallest absolute Gasteiger partial charge is 0.508 e. The summed E-state index contributed by atoms with van der Waals surface area (Å²) in [5.41, 5.74) is 6.11. The van der Waals surface area contributed by atoms with Crippen LogP contribution in [0.2, 0.25) is 0 Å². The number of halogens is 4. The van der Waals surface area contributed by atoms with Gasteiger partial charge in [-0.15, -0.1) is 34.8 Å². The number of esters is 3. The maximum atomic E-state index is 11.6. The van der Waals surface area contributed by atoms with Gasteiger partial charge in [0.15, 0.2) is 0 Å². The van der Waals surface area contributed by atoms with Crippen molar-refractivity contribution in [3.05, 3.63) is 240 Å². The Bertz CT molecular complexity index is 4000. The van der Waals surface area contributed by atoms with Crippen LogP contribution in [0.15, 0.2) is 206 Å². The molecule has 2 aliphatic heterocycles. The van der Waals surface area contributed by atoms with E-state index >= 15 is 0 Å². The lowest BCUT2D eigenvalue weighted by Crippen LogP contribution is -2.58. The van der Waals surface area contributed by atoms with Gasteiger partial charge in [0.1, 0.15) is 74.3 Å². The summed E-state index contributed by atoms with van der Waals surface area (Å²) >= 11 is 21.4. The number of hydroxylamine groups is 4. The molecule has 113 heavy (non-hydrogen) atoms. The lowest BCUT2D eigenvalue weighted by molar-refractivity contribution is -0.304. The molecule has 22 heteroatoms. The van der Waals surface area contributed by atoms with E-state index in [2.05, 4.69) is 107 Å². The Morgan fingerprint density at radius 2 is 0.655 bits per heavy atom. The Balaban J connectivity index is 0.000000293. The number of benzene rings is 8. The van der Waals surface area contributed by atoms with Crippen molar-refractivity contribution in [2.75, 3.05) is 0 Å². The Kier molecular flexibility index (Phi) is 38.7. The van der Waals surface area contributed by atoms with Gasteiger partial charge in [-0.25, -0.2) is 4.79 Å². The van der Waals surface area contributed by atoms with Gasteiger partial charge in [0, 0.05) is 39.9 Å². The highest BCUT2D eigenvalue weighted by atomic mass is 35.5. The molecular formula is C91H114Cl4N2O16. The van der Waals surface area contributed by atoms with Crippen molar-refractivity contribution in [1.29, 1.82) is 0 Å². The molecule has 0 radical (unpaired) electrons. The molecule has 5 unspecified atom stereocenters. The molecule has 0 spiro atoms. The molecule has 2 fully saturated rings. The normalized spacial score (nSPS) is 15.8. The molecule has 0 amide bonds. The Labute approximate surface area is 689 Å². The first-order valence-electron chi connectivity index (χ1n) is 37.8. The van der Waals surface area contributed by atoms with Crippen molar-refractivity contribution >= 4 is 82.2 Å². The maximum Gasteiger partial charge on any atom is 0.519 e. The van der Waals surface area contributed by atoms with Crippen molar-refractivity contribution in [2.24, 2.45) is 0 Å². The molecule has 8 aromatic carbocycles. The summed E-state index contributed by atoms with van der Waals surface area (Å²) in [5.74, 6) is 2.20. The van der Waals surface area contributed by atoms with Gasteiger partial charge in [-0.2, -0.15) is 10.1 Å². The zero-order valence-corrected chi connectivity index (χ0v) is 71.9. The molecule has 0 aliphatic carbocycles. The first-order valence-corrected chi connectivity index (χ1v) is 39.4. The topological polar surface area (TPSA) is 223 Å². The number of alkyl halides is 3. The van der Waals surface area contributed by atoms with Crippen LogP contribution in [-0.4, -0.2) is 94.4 Å². The molecule has 8 aromatic rings. The van der Waals surface area contributed by atoms with Gasteiger partial charge in [-0.3, -0.25) is 33.6 Å². The van der Waals surface area contributed by atoms with Crippen molar-refractivity contribution in [2.45, 2.75) is 238 Å². The van der Waals surface area contributed by atoms with Crippen LogP contribution in [0.4, 0.5) is 4.79 Å². The average Bonchev–Trinajstić information content (AvgIpc) is 0.805. The number of piperidine rings is 2. The standard InChI is InChI=1S/C21H22Cl2O4.C19H29NO3.C18H27NO3.C15H16O2.C13H10O3.C3H4Cl2O.C2H6/c1-13(22)19(24)26-17-9-5-15(6-10-17)21(3,4)16-7-11-18(12-8-16)27-20(25)14(2)23;1-14(16-8-10-17(11-9-16)22-15(2)21)23-20-18(3,4)12-7-13-19(20,5)6;1-14(15-7-9-16(10-8-15)21-13-20)22-19-17(2,3)11-6-12-18(19,4)5;1-15(2,11-3-7-13(16)8-4-11)12-5-9-14(17)10-6-12;14-13(15-11-7-3-1-4-8-11)16-12-9-5-2-6-10-12;1-2(4)3(5)6;1-2/h5-14H,1-4H3;8-11,14H,7,12-13H2,1-6H3;7-10,13-14H,6,11-12H2,1-5H3;3-10,16-17H,1-2H3;1-10H;2H,1H3;1-2H3. The van der Waals surface area contributed by atoms with Crippen LogP contribution in [0, 0.1) is 0 Å². The second-order valence-corrected chi connectivity index (χ2v) is 32.8. The van der Waals surface area contributed by atoms with E-state index in [1.165, 1.54) is 26.7 Å². The molecule has 0 aromatic heterocycles. The molecule has 5 atom stereocenters. The van der Waals surface area contributed by atoms with Gasteiger partial charge in [-0.05, 0) is 271 Å². The molecule has 0 bridgehead atoms. The number of rotatable bonds is 20. The molecule has 10 rings (SSSR count). The van der Waals surface area contributed by atoms with Gasteiger partial charge in [-0.1, -0.05) is 151 Å². The fraction of sp³-hybridized carbons (Fsp3) is 0.407. The third-order valence-corrected chi connectivity index (χ3v) is 19.6. The summed E-state index contributed by atoms with van der Waals surface area (Å²) in [6.45, 7) is 40.9. The summed E-state index contributed by atoms with van der Waals surface area (Å²) in [7, 11) is 0. The number of phenols is 2. The number of para-hydroxylation sites is 2. The van der Waals surface area contributed by atoms with Crippen LogP contribution in [0.5, 0.6) is 46.0 Å². The second kappa shape index (κ2) is 45.3. The molecule has 0 saturated carbocycles. The van der Waals surface area contributed by atoms with Gasteiger partial charge in [0.2, 0.25) is 5.24 Å². The summed E-state index contributed by atoms with van der Waals surface area (Å²) < 4.78 is 30.2. The summed E-state index contributed by atoms with van der Waals surface area (Å²) in [6, 6.07) is 61.6. The van der Waals surface area contributed by atoms with Gasteiger partial charge >= 0.3 is 24.1 Å². The van der Waals surface area contributed by atoms with Crippen molar-refractivity contribution in [1.82, 2.24) is 10.1 Å². The van der Waals surface area contributed by atoms with Crippen LogP contribution in [0.3, 0.4) is 0 Å². The third-order valence-electron chi connectivity index (χ3n) is 18.6. The Morgan fingerprint density at radius 1 is 0.398 bits per heavy atom. The van der Waals surface area contributed by atoms with E-state index in [0.717, 1.165) is 59.1 Å². The monoisotopic (exact) mass is 1630 g/mol. The van der Waals surface area contributed by atoms with E-state index in [1.807, 2.05) is 111 Å². The van der Waals surface area contributed by atoms with Crippen LogP contribution in [0.1, 0.15) is 223 Å².